The average Bonchev–Trinajstić information content (AvgIpc) is 3.01. The predicted molar refractivity (Wildman–Crippen MR) is 76.5 cm³/mol. The molecule has 3 unspecified atom stereocenters. The lowest BCUT2D eigenvalue weighted by molar-refractivity contribution is -0.123. The molecule has 2 aliphatic rings. The molecule has 1 aromatic heterocycles. The van der Waals surface area contributed by atoms with Gasteiger partial charge in [-0.1, -0.05) is 6.42 Å². The van der Waals surface area contributed by atoms with Crippen LogP contribution < -0.4 is 10.6 Å². The zero-order valence-corrected chi connectivity index (χ0v) is 12.5. The Labute approximate surface area is 119 Å². The summed E-state index contributed by atoms with van der Waals surface area (Å²) >= 11 is 5.16. The molecule has 0 aromatic carbocycles. The topological polar surface area (TPSA) is 41.1 Å². The van der Waals surface area contributed by atoms with Crippen molar-refractivity contribution in [1.29, 1.82) is 0 Å². The third-order valence-electron chi connectivity index (χ3n) is 4.14. The second-order valence-electron chi connectivity index (χ2n) is 5.15. The molecular weight excluding hydrogens is 312 g/mol. The molecule has 1 amide bonds. The van der Waals surface area contributed by atoms with Crippen molar-refractivity contribution >= 4 is 33.2 Å². The first-order chi connectivity index (χ1) is 8.75. The third-order valence-corrected chi connectivity index (χ3v) is 6.07. The van der Waals surface area contributed by atoms with Gasteiger partial charge in [0.05, 0.1) is 12.6 Å². The van der Waals surface area contributed by atoms with Crippen molar-refractivity contribution in [1.82, 2.24) is 10.6 Å². The van der Waals surface area contributed by atoms with E-state index >= 15 is 0 Å². The van der Waals surface area contributed by atoms with Crippen molar-refractivity contribution in [2.75, 3.05) is 6.54 Å². The van der Waals surface area contributed by atoms with Gasteiger partial charge in [0.15, 0.2) is 0 Å². The van der Waals surface area contributed by atoms with Gasteiger partial charge in [-0.2, -0.15) is 0 Å². The number of thiophene rings is 1. The summed E-state index contributed by atoms with van der Waals surface area (Å²) in [6, 6.07) is 2.06. The van der Waals surface area contributed by atoms with Crippen molar-refractivity contribution in [3.63, 3.8) is 0 Å². The Morgan fingerprint density at radius 3 is 3.22 bits per heavy atom. The maximum Gasteiger partial charge on any atom is 0.237 e. The largest absolute Gasteiger partial charge is 0.350 e. The Hall–Kier alpha value is -0.390. The number of nitrogens with one attached hydrogen (secondary N) is 2. The summed E-state index contributed by atoms with van der Waals surface area (Å²) in [5, 5.41) is 8.48. The van der Waals surface area contributed by atoms with Gasteiger partial charge < -0.3 is 10.6 Å². The number of carbonyl (C=O) groups excluding carboxylic acids is 1. The van der Waals surface area contributed by atoms with Crippen molar-refractivity contribution < 1.29 is 4.79 Å². The van der Waals surface area contributed by atoms with Gasteiger partial charge in [-0.25, -0.2) is 0 Å². The number of carbonyl (C=O) groups is 1. The lowest BCUT2D eigenvalue weighted by Crippen LogP contribution is -2.43. The molecule has 98 valence electrons. The van der Waals surface area contributed by atoms with E-state index in [9.17, 15) is 4.79 Å². The van der Waals surface area contributed by atoms with Gasteiger partial charge in [0, 0.05) is 9.35 Å². The highest BCUT2D eigenvalue weighted by Crippen LogP contribution is 2.37. The summed E-state index contributed by atoms with van der Waals surface area (Å²) < 4.78 is 1.09. The molecule has 3 nitrogen and oxygen atoms in total. The smallest absolute Gasteiger partial charge is 0.237 e. The molecule has 3 atom stereocenters. The monoisotopic (exact) mass is 328 g/mol. The van der Waals surface area contributed by atoms with Crippen LogP contribution in [0.5, 0.6) is 0 Å². The van der Waals surface area contributed by atoms with Crippen LogP contribution in [0.2, 0.25) is 0 Å². The molecular formula is C13H17BrN2OS. The first kappa shape index (κ1) is 12.6. The minimum Gasteiger partial charge on any atom is -0.350 e. The maximum absolute atomic E-state index is 12.2. The summed E-state index contributed by atoms with van der Waals surface area (Å²) in [5.74, 6) is 1.47. The molecule has 18 heavy (non-hydrogen) atoms. The molecule has 2 N–H and O–H groups in total. The highest BCUT2D eigenvalue weighted by molar-refractivity contribution is 9.10. The summed E-state index contributed by atoms with van der Waals surface area (Å²) in [5.41, 5.74) is 0. The normalized spacial score (nSPS) is 30.4. The van der Waals surface area contributed by atoms with E-state index in [0.29, 0.717) is 12.5 Å². The Morgan fingerprint density at radius 2 is 2.44 bits per heavy atom. The fraction of sp³-hybridized carbons (Fsp3) is 0.615. The van der Waals surface area contributed by atoms with Crippen molar-refractivity contribution in [2.45, 2.75) is 31.8 Å². The molecule has 1 saturated carbocycles. The Balaban J connectivity index is 1.57. The van der Waals surface area contributed by atoms with Crippen LogP contribution in [0.25, 0.3) is 0 Å². The number of fused-ring (bicyclic) bond motifs is 1. The van der Waals surface area contributed by atoms with E-state index < -0.39 is 0 Å². The molecule has 1 saturated heterocycles. The van der Waals surface area contributed by atoms with Crippen LogP contribution in [0.3, 0.4) is 0 Å². The highest BCUT2D eigenvalue weighted by atomic mass is 79.9. The number of hydrogen-bond donors (Lipinski definition) is 2. The van der Waals surface area contributed by atoms with Crippen LogP contribution in [-0.2, 0) is 11.3 Å². The van der Waals surface area contributed by atoms with Crippen molar-refractivity contribution in [3.8, 4) is 0 Å². The molecule has 3 rings (SSSR count). The Morgan fingerprint density at radius 1 is 1.56 bits per heavy atom. The molecule has 0 radical (unpaired) electrons. The zero-order chi connectivity index (χ0) is 12.5. The van der Waals surface area contributed by atoms with E-state index in [1.807, 2.05) is 11.4 Å². The quantitative estimate of drug-likeness (QED) is 0.895. The van der Waals surface area contributed by atoms with Crippen LogP contribution >= 0.6 is 27.3 Å². The highest BCUT2D eigenvalue weighted by Gasteiger charge is 2.42. The lowest BCUT2D eigenvalue weighted by Gasteiger charge is -2.17. The zero-order valence-electron chi connectivity index (χ0n) is 10.1. The minimum absolute atomic E-state index is 0.0382. The van der Waals surface area contributed by atoms with Gasteiger partial charge in [0.2, 0.25) is 5.91 Å². The fourth-order valence-corrected chi connectivity index (χ4v) is 4.64. The molecule has 0 spiro atoms. The van der Waals surface area contributed by atoms with E-state index in [-0.39, 0.29) is 11.9 Å². The van der Waals surface area contributed by atoms with Gasteiger partial charge in [-0.15, -0.1) is 11.3 Å². The summed E-state index contributed by atoms with van der Waals surface area (Å²) in [7, 11) is 0. The minimum atomic E-state index is 0.0382. The van der Waals surface area contributed by atoms with Crippen LogP contribution in [0.1, 0.15) is 24.1 Å². The molecule has 1 aliphatic carbocycles. The standard InChI is InChI=1S/C13H17BrN2OS/c14-10-4-5-18-11(10)7-16-13(17)12-9-3-1-2-8(9)6-15-12/h4-5,8-9,12,15H,1-3,6-7H2,(H,16,17). The van der Waals surface area contributed by atoms with Gasteiger partial charge in [0.1, 0.15) is 0 Å². The number of rotatable bonds is 3. The third kappa shape index (κ3) is 2.36. The van der Waals surface area contributed by atoms with Gasteiger partial charge in [0.25, 0.3) is 0 Å². The van der Waals surface area contributed by atoms with Crippen LogP contribution in [-0.4, -0.2) is 18.5 Å². The maximum atomic E-state index is 12.2. The van der Waals surface area contributed by atoms with E-state index in [2.05, 4.69) is 26.6 Å². The van der Waals surface area contributed by atoms with Gasteiger partial charge in [-0.05, 0) is 58.6 Å². The second-order valence-corrected chi connectivity index (χ2v) is 7.01. The van der Waals surface area contributed by atoms with Gasteiger partial charge in [-0.3, -0.25) is 4.79 Å². The van der Waals surface area contributed by atoms with Crippen LogP contribution in [0.4, 0.5) is 0 Å². The Kier molecular flexibility index (Phi) is 3.73. The molecule has 1 aliphatic heterocycles. The van der Waals surface area contributed by atoms with Crippen LogP contribution in [0, 0.1) is 11.8 Å². The van der Waals surface area contributed by atoms with Crippen molar-refractivity contribution in [3.05, 3.63) is 20.8 Å². The van der Waals surface area contributed by atoms with Crippen molar-refractivity contribution in [2.24, 2.45) is 11.8 Å². The first-order valence-corrected chi connectivity index (χ1v) is 8.16. The lowest BCUT2D eigenvalue weighted by atomic mass is 9.94. The fourth-order valence-electron chi connectivity index (χ4n) is 3.20. The summed E-state index contributed by atoms with van der Waals surface area (Å²) in [6.07, 6.45) is 3.79. The average molecular weight is 329 g/mol. The van der Waals surface area contributed by atoms with E-state index in [4.69, 9.17) is 0 Å². The SMILES string of the molecule is O=C(NCc1sccc1Br)C1NCC2CCCC21. The molecule has 1 aromatic rings. The second kappa shape index (κ2) is 5.31. The van der Waals surface area contributed by atoms with Gasteiger partial charge >= 0.3 is 0 Å². The Bertz CT molecular complexity index is 448. The van der Waals surface area contributed by atoms with E-state index in [0.717, 1.165) is 16.9 Å². The van der Waals surface area contributed by atoms with Crippen LogP contribution in [0.15, 0.2) is 15.9 Å². The van der Waals surface area contributed by atoms with E-state index in [1.54, 1.807) is 11.3 Å². The first-order valence-electron chi connectivity index (χ1n) is 6.48. The summed E-state index contributed by atoms with van der Waals surface area (Å²) in [6.45, 7) is 1.65. The number of hydrogen-bond acceptors (Lipinski definition) is 3. The predicted octanol–water partition coefficient (Wildman–Crippen LogP) is 2.51. The molecule has 5 heteroatoms. The molecule has 2 fully saturated rings. The summed E-state index contributed by atoms with van der Waals surface area (Å²) in [4.78, 5) is 13.4. The number of amides is 1. The molecule has 0 bridgehead atoms. The molecule has 2 heterocycles. The number of halogens is 1. The van der Waals surface area contributed by atoms with E-state index in [1.165, 1.54) is 24.1 Å².